The van der Waals surface area contributed by atoms with E-state index in [0.717, 1.165) is 11.1 Å². The van der Waals surface area contributed by atoms with Crippen LogP contribution in [0.2, 0.25) is 0 Å². The zero-order chi connectivity index (χ0) is 14.8. The second kappa shape index (κ2) is 5.77. The third-order valence-electron chi connectivity index (χ3n) is 3.18. The minimum absolute atomic E-state index is 0.245. The van der Waals surface area contributed by atoms with Crippen molar-refractivity contribution in [3.63, 3.8) is 0 Å². The van der Waals surface area contributed by atoms with Crippen molar-refractivity contribution in [2.24, 2.45) is 0 Å². The monoisotopic (exact) mass is 290 g/mol. The highest BCUT2D eigenvalue weighted by molar-refractivity contribution is 7.91. The summed E-state index contributed by atoms with van der Waals surface area (Å²) in [6.45, 7) is 3.81. The van der Waals surface area contributed by atoms with E-state index in [2.05, 4.69) is 0 Å². The summed E-state index contributed by atoms with van der Waals surface area (Å²) >= 11 is 0. The third kappa shape index (κ3) is 3.46. The Morgan fingerprint density at radius 2 is 1.65 bits per heavy atom. The van der Waals surface area contributed by atoms with E-state index in [1.165, 1.54) is 0 Å². The van der Waals surface area contributed by atoms with Crippen molar-refractivity contribution in [2.75, 3.05) is 5.75 Å². The van der Waals surface area contributed by atoms with Crippen LogP contribution < -0.4 is 0 Å². The van der Waals surface area contributed by atoms with Crippen LogP contribution in [-0.2, 0) is 9.84 Å². The largest absolute Gasteiger partial charge is 0.387 e. The van der Waals surface area contributed by atoms with E-state index in [4.69, 9.17) is 0 Å². The molecule has 2 rings (SSSR count). The highest BCUT2D eigenvalue weighted by Crippen LogP contribution is 2.21. The Morgan fingerprint density at radius 1 is 1.00 bits per heavy atom. The molecule has 0 fully saturated rings. The van der Waals surface area contributed by atoms with Gasteiger partial charge in [-0.25, -0.2) is 8.42 Å². The molecule has 2 aromatic rings. The van der Waals surface area contributed by atoms with Crippen molar-refractivity contribution in [3.05, 3.63) is 65.2 Å². The van der Waals surface area contributed by atoms with Crippen LogP contribution in [0.1, 0.15) is 22.8 Å². The summed E-state index contributed by atoms with van der Waals surface area (Å²) in [5, 5.41) is 10.1. The minimum Gasteiger partial charge on any atom is -0.387 e. The van der Waals surface area contributed by atoms with Gasteiger partial charge in [0.2, 0.25) is 0 Å². The van der Waals surface area contributed by atoms with Gasteiger partial charge in [-0.3, -0.25) is 0 Å². The Bertz CT molecular complexity index is 688. The van der Waals surface area contributed by atoms with Crippen molar-refractivity contribution in [3.8, 4) is 0 Å². The summed E-state index contributed by atoms with van der Waals surface area (Å²) in [7, 11) is -3.49. The lowest BCUT2D eigenvalue weighted by molar-refractivity contribution is 0.201. The third-order valence-corrected chi connectivity index (χ3v) is 4.93. The molecule has 3 nitrogen and oxygen atoms in total. The first-order valence-electron chi connectivity index (χ1n) is 6.42. The van der Waals surface area contributed by atoms with Gasteiger partial charge in [-0.15, -0.1) is 0 Å². The van der Waals surface area contributed by atoms with E-state index < -0.39 is 15.9 Å². The Balaban J connectivity index is 2.22. The normalized spacial score (nSPS) is 13.2. The first-order valence-corrected chi connectivity index (χ1v) is 8.08. The Morgan fingerprint density at radius 3 is 2.25 bits per heavy atom. The quantitative estimate of drug-likeness (QED) is 0.942. The lowest BCUT2D eigenvalue weighted by Gasteiger charge is -2.12. The van der Waals surface area contributed by atoms with Gasteiger partial charge in [0.15, 0.2) is 9.84 Å². The number of aryl methyl sites for hydroxylation is 2. The molecule has 2 aromatic carbocycles. The molecule has 0 amide bonds. The maximum atomic E-state index is 12.3. The molecule has 0 spiro atoms. The summed E-state index contributed by atoms with van der Waals surface area (Å²) in [5.41, 5.74) is 2.62. The van der Waals surface area contributed by atoms with Crippen molar-refractivity contribution in [1.82, 2.24) is 0 Å². The topological polar surface area (TPSA) is 54.4 Å². The lowest BCUT2D eigenvalue weighted by atomic mass is 10.1. The predicted octanol–water partition coefficient (Wildman–Crippen LogP) is 2.81. The number of sulfone groups is 1. The van der Waals surface area contributed by atoms with Crippen LogP contribution in [0.4, 0.5) is 0 Å². The maximum absolute atomic E-state index is 12.3. The van der Waals surface area contributed by atoms with Crippen LogP contribution >= 0.6 is 0 Å². The van der Waals surface area contributed by atoms with Crippen LogP contribution in [0.3, 0.4) is 0 Å². The highest BCUT2D eigenvalue weighted by atomic mass is 32.2. The number of rotatable bonds is 4. The molecule has 4 heteroatoms. The van der Waals surface area contributed by atoms with Gasteiger partial charge in [0.05, 0.1) is 16.8 Å². The fraction of sp³-hybridized carbons (Fsp3) is 0.250. The van der Waals surface area contributed by atoms with Crippen LogP contribution in [0.5, 0.6) is 0 Å². The van der Waals surface area contributed by atoms with Gasteiger partial charge in [0, 0.05) is 0 Å². The smallest absolute Gasteiger partial charge is 0.181 e. The molecule has 1 atom stereocenters. The Labute approximate surface area is 119 Å². The van der Waals surface area contributed by atoms with Gasteiger partial charge in [-0.2, -0.15) is 0 Å². The van der Waals surface area contributed by atoms with Crippen molar-refractivity contribution >= 4 is 9.84 Å². The average molecular weight is 290 g/mol. The van der Waals surface area contributed by atoms with E-state index in [1.54, 1.807) is 36.4 Å². The molecule has 0 radical (unpaired) electrons. The summed E-state index contributed by atoms with van der Waals surface area (Å²) in [4.78, 5) is 0.245. The number of hydrogen-bond donors (Lipinski definition) is 1. The molecule has 0 aliphatic heterocycles. The molecular weight excluding hydrogens is 272 g/mol. The maximum Gasteiger partial charge on any atom is 0.181 e. The van der Waals surface area contributed by atoms with Gasteiger partial charge < -0.3 is 5.11 Å². The summed E-state index contributed by atoms with van der Waals surface area (Å²) in [6, 6.07) is 13.9. The second-order valence-corrected chi connectivity index (χ2v) is 7.06. The molecule has 0 aromatic heterocycles. The summed E-state index contributed by atoms with van der Waals surface area (Å²) in [5.74, 6) is -0.306. The van der Waals surface area contributed by atoms with Gasteiger partial charge in [-0.1, -0.05) is 47.5 Å². The molecule has 0 heterocycles. The summed E-state index contributed by atoms with van der Waals surface area (Å²) < 4.78 is 24.5. The van der Waals surface area contributed by atoms with Gasteiger partial charge in [-0.05, 0) is 31.5 Å². The molecule has 106 valence electrons. The highest BCUT2D eigenvalue weighted by Gasteiger charge is 2.20. The first kappa shape index (κ1) is 14.8. The fourth-order valence-corrected chi connectivity index (χ4v) is 3.37. The molecule has 0 saturated heterocycles. The van der Waals surface area contributed by atoms with Gasteiger partial charge in [0.25, 0.3) is 0 Å². The van der Waals surface area contributed by atoms with E-state index in [9.17, 15) is 13.5 Å². The minimum atomic E-state index is -3.49. The molecule has 0 bridgehead atoms. The molecule has 0 aliphatic carbocycles. The standard InChI is InChI=1S/C16H18O3S/c1-12-6-8-15(9-7-12)20(18,19)11-16(17)14-5-3-4-13(2)10-14/h3-10,16-17H,11H2,1-2H3. The SMILES string of the molecule is Cc1ccc(S(=O)(=O)CC(O)c2cccc(C)c2)cc1. The van der Waals surface area contributed by atoms with Crippen molar-refractivity contribution in [2.45, 2.75) is 24.8 Å². The van der Waals surface area contributed by atoms with Crippen LogP contribution in [0.25, 0.3) is 0 Å². The van der Waals surface area contributed by atoms with Gasteiger partial charge in [0.1, 0.15) is 0 Å². The number of aliphatic hydroxyl groups is 1. The first-order chi connectivity index (χ1) is 9.38. The molecule has 0 aliphatic rings. The van der Waals surface area contributed by atoms with E-state index in [1.807, 2.05) is 26.0 Å². The van der Waals surface area contributed by atoms with Crippen molar-refractivity contribution < 1.29 is 13.5 Å². The van der Waals surface area contributed by atoms with Crippen LogP contribution in [-0.4, -0.2) is 19.3 Å². The summed E-state index contributed by atoms with van der Waals surface area (Å²) in [6.07, 6.45) is -1.01. The molecule has 1 N–H and O–H groups in total. The van der Waals surface area contributed by atoms with Gasteiger partial charge >= 0.3 is 0 Å². The number of aliphatic hydroxyl groups excluding tert-OH is 1. The second-order valence-electron chi connectivity index (χ2n) is 5.02. The van der Waals surface area contributed by atoms with E-state index in [-0.39, 0.29) is 10.6 Å². The fourth-order valence-electron chi connectivity index (χ4n) is 2.02. The lowest BCUT2D eigenvalue weighted by Crippen LogP contribution is -2.15. The zero-order valence-electron chi connectivity index (χ0n) is 11.6. The number of benzene rings is 2. The average Bonchev–Trinajstić information content (AvgIpc) is 2.38. The Hall–Kier alpha value is -1.65. The van der Waals surface area contributed by atoms with E-state index >= 15 is 0 Å². The van der Waals surface area contributed by atoms with Crippen molar-refractivity contribution in [1.29, 1.82) is 0 Å². The van der Waals surface area contributed by atoms with Crippen LogP contribution in [0.15, 0.2) is 53.4 Å². The number of hydrogen-bond acceptors (Lipinski definition) is 3. The predicted molar refractivity (Wildman–Crippen MR) is 79.4 cm³/mol. The van der Waals surface area contributed by atoms with E-state index in [0.29, 0.717) is 5.56 Å². The molecular formula is C16H18O3S. The molecule has 20 heavy (non-hydrogen) atoms. The van der Waals surface area contributed by atoms with Crippen LogP contribution in [0, 0.1) is 13.8 Å². The Kier molecular flexibility index (Phi) is 4.26. The molecule has 0 saturated carbocycles. The molecule has 1 unspecified atom stereocenters. The zero-order valence-corrected chi connectivity index (χ0v) is 12.4.